The molecule has 3 nitrogen and oxygen atoms in total. The lowest BCUT2D eigenvalue weighted by Gasteiger charge is -2.52. The van der Waals surface area contributed by atoms with E-state index in [0.717, 1.165) is 43.9 Å². The zero-order chi connectivity index (χ0) is 19.2. The van der Waals surface area contributed by atoms with E-state index in [4.69, 9.17) is 0 Å². The Labute approximate surface area is 170 Å². The van der Waals surface area contributed by atoms with E-state index in [-0.39, 0.29) is 11.3 Å². The van der Waals surface area contributed by atoms with E-state index < -0.39 is 5.97 Å². The molecule has 2 N–H and O–H groups in total. The van der Waals surface area contributed by atoms with Crippen molar-refractivity contribution in [2.45, 2.75) is 64.2 Å². The fraction of sp³-hybridized carbons (Fsp3) is 0.696. The molecule has 1 aromatic carbocycles. The first-order chi connectivity index (χ1) is 13.0. The van der Waals surface area contributed by atoms with Gasteiger partial charge in [0.25, 0.3) is 0 Å². The largest absolute Gasteiger partial charge is 0.508 e. The average Bonchev–Trinajstić information content (AvgIpc) is 2.98. The lowest BCUT2D eigenvalue weighted by atomic mass is 9.53. The molecule has 0 radical (unpaired) electrons. The summed E-state index contributed by atoms with van der Waals surface area (Å²) in [6.07, 6.45) is 8.54. The Bertz CT molecular complexity index is 718. The third-order valence-electron chi connectivity index (χ3n) is 8.24. The maximum atomic E-state index is 12.0. The number of fused-ring (bicyclic) bond motifs is 5. The fourth-order valence-corrected chi connectivity index (χ4v) is 7.39. The van der Waals surface area contributed by atoms with Gasteiger partial charge in [-0.3, -0.25) is 4.79 Å². The van der Waals surface area contributed by atoms with E-state index in [9.17, 15) is 15.0 Å². The smallest absolute Gasteiger partial charge is 0.306 e. The number of aryl methyl sites for hydroxylation is 1. The molecule has 1 aromatic rings. The van der Waals surface area contributed by atoms with Gasteiger partial charge < -0.3 is 10.2 Å². The lowest BCUT2D eigenvalue weighted by molar-refractivity contribution is -0.146. The van der Waals surface area contributed by atoms with Gasteiger partial charge in [-0.25, -0.2) is 0 Å². The van der Waals surface area contributed by atoms with Gasteiger partial charge >= 0.3 is 5.97 Å². The third-order valence-corrected chi connectivity index (χ3v) is 8.80. The molecule has 1 unspecified atom stereocenters. The zero-order valence-corrected chi connectivity index (χ0v) is 17.7. The van der Waals surface area contributed by atoms with Crippen LogP contribution in [0.5, 0.6) is 5.75 Å². The molecule has 0 spiro atoms. The minimum Gasteiger partial charge on any atom is -0.508 e. The quantitative estimate of drug-likeness (QED) is 0.580. The van der Waals surface area contributed by atoms with E-state index in [2.05, 4.69) is 28.9 Å². The zero-order valence-electron chi connectivity index (χ0n) is 16.2. The molecule has 148 valence electrons. The number of carboxylic acids is 1. The molecule has 27 heavy (non-hydrogen) atoms. The number of benzene rings is 1. The molecule has 0 aromatic heterocycles. The molecule has 0 amide bonds. The van der Waals surface area contributed by atoms with Crippen molar-refractivity contribution in [3.05, 3.63) is 29.3 Å². The van der Waals surface area contributed by atoms with E-state index >= 15 is 0 Å². The minimum atomic E-state index is -0.589. The first-order valence-electron chi connectivity index (χ1n) is 10.6. The van der Waals surface area contributed by atoms with E-state index in [1.165, 1.54) is 24.0 Å². The Morgan fingerprint density at radius 3 is 2.85 bits per heavy atom. The predicted molar refractivity (Wildman–Crippen MR) is 110 cm³/mol. The number of aromatic hydroxyl groups is 1. The van der Waals surface area contributed by atoms with Crippen molar-refractivity contribution in [2.24, 2.45) is 29.1 Å². The average molecular weight is 435 g/mol. The Balaban J connectivity index is 1.60. The summed E-state index contributed by atoms with van der Waals surface area (Å²) in [5, 5.41) is 20.6. The first kappa shape index (κ1) is 19.3. The maximum absolute atomic E-state index is 12.0. The summed E-state index contributed by atoms with van der Waals surface area (Å²) >= 11 is 3.47. The SMILES string of the molecule is C[C@]12CC[C@@H]3c4ccc(O)cc4CC[C@H]3[C@@H]1CC[C@@H]2C(CCCBr)C(=O)O. The van der Waals surface area contributed by atoms with Crippen molar-refractivity contribution in [1.29, 1.82) is 0 Å². The van der Waals surface area contributed by atoms with Crippen LogP contribution in [0.3, 0.4) is 0 Å². The molecule has 2 saturated carbocycles. The number of carbonyl (C=O) groups is 1. The number of phenols is 1. The Kier molecular flexibility index (Phi) is 5.30. The molecular weight excluding hydrogens is 404 g/mol. The second-order valence-electron chi connectivity index (χ2n) is 9.30. The van der Waals surface area contributed by atoms with Gasteiger partial charge in [-0.2, -0.15) is 0 Å². The molecule has 0 saturated heterocycles. The van der Waals surface area contributed by atoms with Gasteiger partial charge in [-0.15, -0.1) is 0 Å². The van der Waals surface area contributed by atoms with Gasteiger partial charge in [0.1, 0.15) is 5.75 Å². The Morgan fingerprint density at radius 1 is 1.30 bits per heavy atom. The lowest BCUT2D eigenvalue weighted by Crippen LogP contribution is -2.44. The molecule has 3 aliphatic rings. The summed E-state index contributed by atoms with van der Waals surface area (Å²) in [5.41, 5.74) is 2.95. The highest BCUT2D eigenvalue weighted by molar-refractivity contribution is 9.09. The second-order valence-corrected chi connectivity index (χ2v) is 10.1. The van der Waals surface area contributed by atoms with Crippen LogP contribution >= 0.6 is 15.9 Å². The van der Waals surface area contributed by atoms with Crippen molar-refractivity contribution < 1.29 is 15.0 Å². The number of halogens is 1. The molecule has 2 fully saturated rings. The number of hydrogen-bond acceptors (Lipinski definition) is 2. The van der Waals surface area contributed by atoms with Crippen LogP contribution in [-0.2, 0) is 11.2 Å². The fourth-order valence-electron chi connectivity index (χ4n) is 7.06. The standard InChI is InChI=1S/C23H31BrO3/c1-23-11-10-17-16-7-5-15(25)13-14(16)4-6-18(17)20(23)8-9-21(23)19(22(26)27)3-2-12-24/h5,7,13,17-21,25H,2-4,6,8-12H2,1H3,(H,26,27)/t17-,18-,19?,20+,21-,23+/m1/s1. The summed E-state index contributed by atoms with van der Waals surface area (Å²) in [5.74, 6) is 1.84. The first-order valence-corrected chi connectivity index (χ1v) is 11.7. The number of phenolic OH excluding ortho intramolecular Hbond substituents is 1. The van der Waals surface area contributed by atoms with Crippen LogP contribution < -0.4 is 0 Å². The van der Waals surface area contributed by atoms with Crippen LogP contribution in [0, 0.1) is 29.1 Å². The topological polar surface area (TPSA) is 57.5 Å². The molecule has 0 aliphatic heterocycles. The number of carboxylic acid groups (broad SMARTS) is 1. The highest BCUT2D eigenvalue weighted by Crippen LogP contribution is 2.64. The van der Waals surface area contributed by atoms with Gasteiger partial charge in [-0.1, -0.05) is 28.9 Å². The van der Waals surface area contributed by atoms with Crippen molar-refractivity contribution in [2.75, 3.05) is 5.33 Å². The molecule has 4 heteroatoms. The third kappa shape index (κ3) is 3.22. The number of aliphatic carboxylic acids is 1. The van der Waals surface area contributed by atoms with Crippen LogP contribution in [0.15, 0.2) is 18.2 Å². The van der Waals surface area contributed by atoms with E-state index in [1.807, 2.05) is 12.1 Å². The molecule has 6 atom stereocenters. The van der Waals surface area contributed by atoms with Crippen LogP contribution in [0.1, 0.15) is 68.9 Å². The van der Waals surface area contributed by atoms with Crippen molar-refractivity contribution in [3.63, 3.8) is 0 Å². The number of rotatable bonds is 5. The van der Waals surface area contributed by atoms with E-state index in [0.29, 0.717) is 29.4 Å². The molecule has 3 aliphatic carbocycles. The van der Waals surface area contributed by atoms with Crippen molar-refractivity contribution >= 4 is 21.9 Å². The summed E-state index contributed by atoms with van der Waals surface area (Å²) < 4.78 is 0. The summed E-state index contributed by atoms with van der Waals surface area (Å²) in [4.78, 5) is 12.0. The highest BCUT2D eigenvalue weighted by Gasteiger charge is 2.57. The second kappa shape index (κ2) is 7.42. The van der Waals surface area contributed by atoms with Gasteiger partial charge in [0.2, 0.25) is 0 Å². The predicted octanol–water partition coefficient (Wildman–Crippen LogP) is 5.74. The summed E-state index contributed by atoms with van der Waals surface area (Å²) in [6.45, 7) is 2.40. The van der Waals surface area contributed by atoms with Crippen LogP contribution in [0.25, 0.3) is 0 Å². The molecule has 4 rings (SSSR count). The Morgan fingerprint density at radius 2 is 2.11 bits per heavy atom. The van der Waals surface area contributed by atoms with Crippen molar-refractivity contribution in [1.82, 2.24) is 0 Å². The van der Waals surface area contributed by atoms with Gasteiger partial charge in [0.05, 0.1) is 5.92 Å². The van der Waals surface area contributed by atoms with Gasteiger partial charge in [0.15, 0.2) is 0 Å². The summed E-state index contributed by atoms with van der Waals surface area (Å²) in [7, 11) is 0. The van der Waals surface area contributed by atoms with Crippen LogP contribution in [-0.4, -0.2) is 21.5 Å². The van der Waals surface area contributed by atoms with Crippen LogP contribution in [0.4, 0.5) is 0 Å². The van der Waals surface area contributed by atoms with Crippen molar-refractivity contribution in [3.8, 4) is 5.75 Å². The molecule has 0 heterocycles. The summed E-state index contributed by atoms with van der Waals surface area (Å²) in [6, 6.07) is 5.94. The minimum absolute atomic E-state index is 0.172. The molecular formula is C23H31BrO3. The Hall–Kier alpha value is -1.03. The highest BCUT2D eigenvalue weighted by atomic mass is 79.9. The number of alkyl halides is 1. The molecule has 0 bridgehead atoms. The van der Waals surface area contributed by atoms with Gasteiger partial charge in [0, 0.05) is 5.33 Å². The maximum Gasteiger partial charge on any atom is 0.306 e. The van der Waals surface area contributed by atoms with E-state index in [1.54, 1.807) is 0 Å². The van der Waals surface area contributed by atoms with Gasteiger partial charge in [-0.05, 0) is 104 Å². The monoisotopic (exact) mass is 434 g/mol. The number of hydrogen-bond donors (Lipinski definition) is 2. The normalized spacial score (nSPS) is 35.8. The van der Waals surface area contributed by atoms with Crippen LogP contribution in [0.2, 0.25) is 0 Å².